The highest BCUT2D eigenvalue weighted by atomic mass is 16.5. The Morgan fingerprint density at radius 1 is 1.07 bits per heavy atom. The third kappa shape index (κ3) is 5.52. The molecule has 0 radical (unpaired) electrons. The molecule has 162 valence electrons. The molecule has 1 saturated heterocycles. The van der Waals surface area contributed by atoms with E-state index in [4.69, 9.17) is 4.74 Å². The van der Waals surface area contributed by atoms with Crippen molar-refractivity contribution in [2.45, 2.75) is 57.7 Å². The molecule has 1 aliphatic heterocycles. The highest BCUT2D eigenvalue weighted by Crippen LogP contribution is 2.30. The molecule has 1 aromatic heterocycles. The first-order valence-corrected chi connectivity index (χ1v) is 11.4. The van der Waals surface area contributed by atoms with Crippen molar-refractivity contribution in [2.24, 2.45) is 5.92 Å². The molecule has 2 fully saturated rings. The molecular weight excluding hydrogens is 374 g/mol. The topological polar surface area (TPSA) is 48.8 Å². The van der Waals surface area contributed by atoms with Gasteiger partial charge in [-0.3, -0.25) is 9.88 Å². The minimum atomic E-state index is 0.209. The zero-order valence-corrected chi connectivity index (χ0v) is 18.2. The summed E-state index contributed by atoms with van der Waals surface area (Å²) in [5, 5.41) is 10.2. The van der Waals surface area contributed by atoms with E-state index in [1.165, 1.54) is 57.2 Å². The minimum absolute atomic E-state index is 0.209. The monoisotopic (exact) mass is 409 g/mol. The Bertz CT molecular complexity index is 784. The summed E-state index contributed by atoms with van der Waals surface area (Å²) in [6.07, 6.45) is 12.0. The van der Waals surface area contributed by atoms with Crippen LogP contribution in [0.5, 0.6) is 11.5 Å². The number of hydrogen-bond donors (Lipinski definition) is 1. The van der Waals surface area contributed by atoms with Gasteiger partial charge in [-0.2, -0.15) is 0 Å². The Morgan fingerprint density at radius 3 is 2.50 bits per heavy atom. The van der Waals surface area contributed by atoms with E-state index in [0.29, 0.717) is 5.75 Å². The number of phenols is 1. The second-order valence-electron chi connectivity index (χ2n) is 8.95. The standard InChI is InChI=1S/C25H35N3O2/c1-30-25-9-8-21(15-24(25)29)18-27(19-22-5-4-12-26-16-22)17-20-10-13-28(14-11-20)23-6-2-3-7-23/h4-5,8-9,12,15-16,20,23,29H,2-3,6-7,10-11,13-14,17-19H2,1H3. The SMILES string of the molecule is COc1ccc(CN(Cc2cccnc2)CC2CCN(C3CCCC3)CC2)cc1O. The zero-order chi connectivity index (χ0) is 20.8. The molecule has 1 aliphatic carbocycles. The van der Waals surface area contributed by atoms with Crippen molar-refractivity contribution < 1.29 is 9.84 Å². The molecule has 30 heavy (non-hydrogen) atoms. The summed E-state index contributed by atoms with van der Waals surface area (Å²) in [4.78, 5) is 9.55. The molecule has 1 saturated carbocycles. The van der Waals surface area contributed by atoms with E-state index < -0.39 is 0 Å². The largest absolute Gasteiger partial charge is 0.504 e. The van der Waals surface area contributed by atoms with E-state index in [2.05, 4.69) is 26.9 Å². The maximum atomic E-state index is 10.2. The second-order valence-corrected chi connectivity index (χ2v) is 8.95. The van der Waals surface area contributed by atoms with Crippen LogP contribution in [-0.4, -0.2) is 52.7 Å². The number of nitrogens with zero attached hydrogens (tertiary/aromatic N) is 3. The Hall–Kier alpha value is -2.11. The summed E-state index contributed by atoms with van der Waals surface area (Å²) in [7, 11) is 1.58. The molecule has 4 rings (SSSR count). The van der Waals surface area contributed by atoms with Crippen molar-refractivity contribution in [3.05, 3.63) is 53.9 Å². The number of piperidine rings is 1. The van der Waals surface area contributed by atoms with Gasteiger partial charge in [0.1, 0.15) is 0 Å². The lowest BCUT2D eigenvalue weighted by atomic mass is 9.94. The van der Waals surface area contributed by atoms with Gasteiger partial charge in [0.05, 0.1) is 7.11 Å². The lowest BCUT2D eigenvalue weighted by Gasteiger charge is -2.38. The summed E-state index contributed by atoms with van der Waals surface area (Å²) in [6.45, 7) is 5.28. The molecule has 1 aromatic carbocycles. The number of aromatic hydroxyl groups is 1. The first kappa shape index (κ1) is 21.1. The van der Waals surface area contributed by atoms with E-state index in [9.17, 15) is 5.11 Å². The van der Waals surface area contributed by atoms with Crippen LogP contribution in [0.15, 0.2) is 42.7 Å². The lowest BCUT2D eigenvalue weighted by molar-refractivity contribution is 0.107. The predicted octanol–water partition coefficient (Wildman–Crippen LogP) is 4.45. The number of benzene rings is 1. The highest BCUT2D eigenvalue weighted by Gasteiger charge is 2.28. The van der Waals surface area contributed by atoms with Gasteiger partial charge >= 0.3 is 0 Å². The number of ether oxygens (including phenoxy) is 1. The number of hydrogen-bond acceptors (Lipinski definition) is 5. The van der Waals surface area contributed by atoms with Gasteiger partial charge < -0.3 is 14.7 Å². The fourth-order valence-corrected chi connectivity index (χ4v) is 5.16. The van der Waals surface area contributed by atoms with Gasteiger partial charge in [-0.25, -0.2) is 0 Å². The molecule has 0 bridgehead atoms. The predicted molar refractivity (Wildman–Crippen MR) is 120 cm³/mol. The van der Waals surface area contributed by atoms with E-state index in [1.54, 1.807) is 7.11 Å². The van der Waals surface area contributed by atoms with Gasteiger partial charge in [0.25, 0.3) is 0 Å². The number of likely N-dealkylation sites (tertiary alicyclic amines) is 1. The molecule has 0 unspecified atom stereocenters. The number of phenolic OH excluding ortho intramolecular Hbond substituents is 1. The third-order valence-corrected chi connectivity index (χ3v) is 6.79. The Kier molecular flexibility index (Phi) is 7.24. The summed E-state index contributed by atoms with van der Waals surface area (Å²) < 4.78 is 5.20. The van der Waals surface area contributed by atoms with Crippen LogP contribution in [0.3, 0.4) is 0 Å². The van der Waals surface area contributed by atoms with E-state index in [0.717, 1.165) is 37.2 Å². The normalized spacial score (nSPS) is 18.9. The maximum absolute atomic E-state index is 10.2. The maximum Gasteiger partial charge on any atom is 0.160 e. The number of aromatic nitrogens is 1. The van der Waals surface area contributed by atoms with Gasteiger partial charge in [0.15, 0.2) is 11.5 Å². The van der Waals surface area contributed by atoms with Crippen molar-refractivity contribution in [2.75, 3.05) is 26.7 Å². The number of pyridine rings is 1. The van der Waals surface area contributed by atoms with Crippen molar-refractivity contribution in [1.82, 2.24) is 14.8 Å². The fourth-order valence-electron chi connectivity index (χ4n) is 5.16. The van der Waals surface area contributed by atoms with Crippen LogP contribution >= 0.6 is 0 Å². The average Bonchev–Trinajstić information content (AvgIpc) is 3.30. The molecule has 2 aliphatic rings. The number of rotatable bonds is 8. The summed E-state index contributed by atoms with van der Waals surface area (Å²) in [6, 6.07) is 10.7. The highest BCUT2D eigenvalue weighted by molar-refractivity contribution is 5.41. The van der Waals surface area contributed by atoms with Crippen LogP contribution in [0, 0.1) is 5.92 Å². The van der Waals surface area contributed by atoms with E-state index in [1.807, 2.05) is 30.6 Å². The average molecular weight is 410 g/mol. The van der Waals surface area contributed by atoms with Gasteiger partial charge in [0.2, 0.25) is 0 Å². The molecule has 0 amide bonds. The van der Waals surface area contributed by atoms with Gasteiger partial charge in [-0.05, 0) is 74.0 Å². The van der Waals surface area contributed by atoms with Crippen LogP contribution < -0.4 is 4.74 Å². The quantitative estimate of drug-likeness (QED) is 0.698. The molecule has 1 N–H and O–H groups in total. The zero-order valence-electron chi connectivity index (χ0n) is 18.2. The third-order valence-electron chi connectivity index (χ3n) is 6.79. The van der Waals surface area contributed by atoms with Crippen molar-refractivity contribution in [3.8, 4) is 11.5 Å². The minimum Gasteiger partial charge on any atom is -0.504 e. The van der Waals surface area contributed by atoms with Crippen molar-refractivity contribution >= 4 is 0 Å². The first-order valence-electron chi connectivity index (χ1n) is 11.4. The Balaban J connectivity index is 1.39. The van der Waals surface area contributed by atoms with Crippen LogP contribution in [-0.2, 0) is 13.1 Å². The van der Waals surface area contributed by atoms with Gasteiger partial charge in [0, 0.05) is 38.1 Å². The van der Waals surface area contributed by atoms with Gasteiger partial charge in [-0.1, -0.05) is 25.0 Å². The molecule has 2 aromatic rings. The van der Waals surface area contributed by atoms with Crippen LogP contribution in [0.25, 0.3) is 0 Å². The second kappa shape index (κ2) is 10.3. The Morgan fingerprint density at radius 2 is 1.83 bits per heavy atom. The van der Waals surface area contributed by atoms with Crippen LogP contribution in [0.4, 0.5) is 0 Å². The van der Waals surface area contributed by atoms with Crippen molar-refractivity contribution in [3.63, 3.8) is 0 Å². The first-order chi connectivity index (χ1) is 14.7. The molecule has 0 spiro atoms. The smallest absolute Gasteiger partial charge is 0.160 e. The summed E-state index contributed by atoms with van der Waals surface area (Å²) in [5.74, 6) is 1.46. The Labute approximate surface area is 180 Å². The molecule has 5 heteroatoms. The fraction of sp³-hybridized carbons (Fsp3) is 0.560. The van der Waals surface area contributed by atoms with E-state index in [-0.39, 0.29) is 5.75 Å². The lowest BCUT2D eigenvalue weighted by Crippen LogP contribution is -2.42. The molecule has 5 nitrogen and oxygen atoms in total. The van der Waals surface area contributed by atoms with Gasteiger partial charge in [-0.15, -0.1) is 0 Å². The number of methoxy groups -OCH3 is 1. The molecule has 0 atom stereocenters. The van der Waals surface area contributed by atoms with Crippen LogP contribution in [0.2, 0.25) is 0 Å². The molecule has 2 heterocycles. The van der Waals surface area contributed by atoms with E-state index >= 15 is 0 Å². The van der Waals surface area contributed by atoms with Crippen molar-refractivity contribution in [1.29, 1.82) is 0 Å². The summed E-state index contributed by atoms with van der Waals surface area (Å²) >= 11 is 0. The molecular formula is C25H35N3O2. The van der Waals surface area contributed by atoms with Crippen LogP contribution in [0.1, 0.15) is 49.7 Å². The summed E-state index contributed by atoms with van der Waals surface area (Å²) in [5.41, 5.74) is 2.35.